The van der Waals surface area contributed by atoms with Gasteiger partial charge in [-0.05, 0) is 30.2 Å². The zero-order valence-corrected chi connectivity index (χ0v) is 13.2. The van der Waals surface area contributed by atoms with Crippen molar-refractivity contribution in [2.45, 2.75) is 18.9 Å². The molecule has 0 unspecified atom stereocenters. The maximum Gasteiger partial charge on any atom is 0.223 e. The van der Waals surface area contributed by atoms with Gasteiger partial charge in [-0.2, -0.15) is 0 Å². The Morgan fingerprint density at radius 3 is 2.70 bits per heavy atom. The summed E-state index contributed by atoms with van der Waals surface area (Å²) >= 11 is 0. The minimum Gasteiger partial charge on any atom is -0.352 e. The molecule has 0 spiro atoms. The summed E-state index contributed by atoms with van der Waals surface area (Å²) in [6, 6.07) is 12.6. The monoisotopic (exact) mass is 313 g/mol. The summed E-state index contributed by atoms with van der Waals surface area (Å²) in [6.45, 7) is 1.58. The van der Waals surface area contributed by atoms with Gasteiger partial charge in [-0.25, -0.2) is 9.37 Å². The quantitative estimate of drug-likeness (QED) is 0.851. The number of carbonyl (C=O) groups is 1. The van der Waals surface area contributed by atoms with Crippen LogP contribution in [0.25, 0.3) is 0 Å². The third-order valence-electron chi connectivity index (χ3n) is 4.34. The van der Waals surface area contributed by atoms with Crippen LogP contribution in [0.15, 0.2) is 48.7 Å². The summed E-state index contributed by atoms with van der Waals surface area (Å²) in [5.74, 6) is 0.753. The van der Waals surface area contributed by atoms with Gasteiger partial charge >= 0.3 is 0 Å². The van der Waals surface area contributed by atoms with Crippen molar-refractivity contribution < 1.29 is 9.18 Å². The molecule has 5 heteroatoms. The molecule has 1 aromatic heterocycles. The van der Waals surface area contributed by atoms with Gasteiger partial charge < -0.3 is 9.80 Å². The average molecular weight is 313 g/mol. The molecule has 2 heterocycles. The summed E-state index contributed by atoms with van der Waals surface area (Å²) in [7, 11) is 1.82. The molecule has 0 aliphatic carbocycles. The molecule has 3 rings (SSSR count). The number of nitrogens with zero attached hydrogens (tertiary/aromatic N) is 3. The number of aromatic nitrogens is 1. The molecule has 0 N–H and O–H groups in total. The minimum absolute atomic E-state index is 0.0546. The molecule has 23 heavy (non-hydrogen) atoms. The van der Waals surface area contributed by atoms with Crippen LogP contribution < -0.4 is 4.90 Å². The smallest absolute Gasteiger partial charge is 0.223 e. The molecule has 1 fully saturated rings. The Hall–Kier alpha value is -2.43. The van der Waals surface area contributed by atoms with E-state index in [1.54, 1.807) is 29.3 Å². The van der Waals surface area contributed by atoms with Gasteiger partial charge in [-0.3, -0.25) is 4.79 Å². The van der Waals surface area contributed by atoms with E-state index in [-0.39, 0.29) is 17.8 Å². The topological polar surface area (TPSA) is 36.4 Å². The van der Waals surface area contributed by atoms with Crippen molar-refractivity contribution in [2.24, 2.45) is 0 Å². The molecule has 0 radical (unpaired) electrons. The molecular formula is C18H20FN3O. The highest BCUT2D eigenvalue weighted by Gasteiger charge is 2.32. The zero-order valence-electron chi connectivity index (χ0n) is 13.2. The predicted octanol–water partition coefficient (Wildman–Crippen LogP) is 2.50. The zero-order chi connectivity index (χ0) is 16.2. The van der Waals surface area contributed by atoms with Crippen molar-refractivity contribution in [1.29, 1.82) is 0 Å². The van der Waals surface area contributed by atoms with Gasteiger partial charge in [0.1, 0.15) is 11.6 Å². The second kappa shape index (κ2) is 6.77. The second-order valence-corrected chi connectivity index (χ2v) is 5.84. The number of amides is 1. The molecule has 1 aliphatic heterocycles. The minimum atomic E-state index is -0.243. The number of hydrogen-bond acceptors (Lipinski definition) is 3. The van der Waals surface area contributed by atoms with E-state index in [0.29, 0.717) is 18.4 Å². The van der Waals surface area contributed by atoms with Crippen LogP contribution in [-0.2, 0) is 11.2 Å². The molecule has 0 bridgehead atoms. The molecule has 4 nitrogen and oxygen atoms in total. The number of pyridine rings is 1. The highest BCUT2D eigenvalue weighted by atomic mass is 19.1. The van der Waals surface area contributed by atoms with Crippen molar-refractivity contribution in [3.8, 4) is 0 Å². The lowest BCUT2D eigenvalue weighted by Gasteiger charge is -2.44. The highest BCUT2D eigenvalue weighted by Crippen LogP contribution is 2.21. The molecule has 0 atom stereocenters. The van der Waals surface area contributed by atoms with E-state index in [1.165, 1.54) is 6.07 Å². The Morgan fingerprint density at radius 2 is 2.00 bits per heavy atom. The molecule has 0 saturated carbocycles. The summed E-state index contributed by atoms with van der Waals surface area (Å²) in [5.41, 5.74) is 0.595. The molecule has 1 amide bonds. The van der Waals surface area contributed by atoms with Crippen molar-refractivity contribution in [3.05, 3.63) is 60.0 Å². The molecule has 1 aromatic carbocycles. The highest BCUT2D eigenvalue weighted by molar-refractivity contribution is 5.77. The van der Waals surface area contributed by atoms with Crippen LogP contribution in [0.1, 0.15) is 12.0 Å². The van der Waals surface area contributed by atoms with E-state index >= 15 is 0 Å². The average Bonchev–Trinajstić information content (AvgIpc) is 2.53. The third-order valence-corrected chi connectivity index (χ3v) is 4.34. The lowest BCUT2D eigenvalue weighted by atomic mass is 10.1. The first-order chi connectivity index (χ1) is 11.1. The van der Waals surface area contributed by atoms with E-state index in [4.69, 9.17) is 0 Å². The lowest BCUT2D eigenvalue weighted by Crippen LogP contribution is -2.60. The van der Waals surface area contributed by atoms with E-state index in [0.717, 1.165) is 18.9 Å². The Balaban J connectivity index is 1.49. The van der Waals surface area contributed by atoms with Crippen LogP contribution in [0.4, 0.5) is 10.2 Å². The van der Waals surface area contributed by atoms with Gasteiger partial charge in [-0.15, -0.1) is 0 Å². The summed E-state index contributed by atoms with van der Waals surface area (Å²) in [6.07, 6.45) is 2.54. The van der Waals surface area contributed by atoms with E-state index in [1.807, 2.05) is 25.2 Å². The lowest BCUT2D eigenvalue weighted by molar-refractivity contribution is -0.132. The number of halogens is 1. The SMILES string of the molecule is CN(C(=O)CCc1ccccc1F)C1CN(c2ccccn2)C1. The van der Waals surface area contributed by atoms with Crippen LogP contribution >= 0.6 is 0 Å². The van der Waals surface area contributed by atoms with E-state index < -0.39 is 0 Å². The predicted molar refractivity (Wildman–Crippen MR) is 87.7 cm³/mol. The van der Waals surface area contributed by atoms with Crippen LogP contribution in [0.3, 0.4) is 0 Å². The number of carbonyl (C=O) groups excluding carboxylic acids is 1. The van der Waals surface area contributed by atoms with Crippen molar-refractivity contribution in [2.75, 3.05) is 25.0 Å². The fourth-order valence-corrected chi connectivity index (χ4v) is 2.75. The van der Waals surface area contributed by atoms with Gasteiger partial charge in [-0.1, -0.05) is 24.3 Å². The van der Waals surface area contributed by atoms with Gasteiger partial charge in [0, 0.05) is 32.8 Å². The second-order valence-electron chi connectivity index (χ2n) is 5.84. The number of rotatable bonds is 5. The van der Waals surface area contributed by atoms with Gasteiger partial charge in [0.05, 0.1) is 6.04 Å². The largest absolute Gasteiger partial charge is 0.352 e. The Morgan fingerprint density at radius 1 is 1.26 bits per heavy atom. The Kier molecular flexibility index (Phi) is 4.55. The van der Waals surface area contributed by atoms with Gasteiger partial charge in [0.15, 0.2) is 0 Å². The summed E-state index contributed by atoms with van der Waals surface area (Å²) in [5, 5.41) is 0. The maximum atomic E-state index is 13.6. The van der Waals surface area contributed by atoms with Crippen LogP contribution in [0, 0.1) is 5.82 Å². The third kappa shape index (κ3) is 3.50. The van der Waals surface area contributed by atoms with Crippen molar-refractivity contribution >= 4 is 11.7 Å². The molecular weight excluding hydrogens is 293 g/mol. The summed E-state index contributed by atoms with van der Waals surface area (Å²) in [4.78, 5) is 20.5. The normalized spacial score (nSPS) is 14.4. The first-order valence-electron chi connectivity index (χ1n) is 7.80. The van der Waals surface area contributed by atoms with Crippen LogP contribution in [-0.4, -0.2) is 42.0 Å². The van der Waals surface area contributed by atoms with E-state index in [2.05, 4.69) is 9.88 Å². The number of benzene rings is 1. The summed E-state index contributed by atoms with van der Waals surface area (Å²) < 4.78 is 13.6. The van der Waals surface area contributed by atoms with Crippen LogP contribution in [0.2, 0.25) is 0 Å². The molecule has 2 aromatic rings. The number of aryl methyl sites for hydroxylation is 1. The fraction of sp³-hybridized carbons (Fsp3) is 0.333. The number of hydrogen-bond donors (Lipinski definition) is 0. The number of likely N-dealkylation sites (N-methyl/N-ethyl adjacent to an activating group) is 1. The first-order valence-corrected chi connectivity index (χ1v) is 7.80. The van der Waals surface area contributed by atoms with Crippen molar-refractivity contribution in [1.82, 2.24) is 9.88 Å². The van der Waals surface area contributed by atoms with Crippen LogP contribution in [0.5, 0.6) is 0 Å². The van der Waals surface area contributed by atoms with E-state index in [9.17, 15) is 9.18 Å². The molecule has 120 valence electrons. The van der Waals surface area contributed by atoms with Gasteiger partial charge in [0.2, 0.25) is 5.91 Å². The molecule has 1 aliphatic rings. The van der Waals surface area contributed by atoms with Crippen molar-refractivity contribution in [3.63, 3.8) is 0 Å². The molecule has 1 saturated heterocycles. The van der Waals surface area contributed by atoms with Gasteiger partial charge in [0.25, 0.3) is 0 Å². The number of anilines is 1. The maximum absolute atomic E-state index is 13.6. The Bertz CT molecular complexity index is 671. The first kappa shape index (κ1) is 15.5. The Labute approximate surface area is 135 Å². The standard InChI is InChI=1S/C18H20FN3O/c1-21(15-12-22(13-15)17-8-4-5-11-20-17)18(23)10-9-14-6-2-3-7-16(14)19/h2-8,11,15H,9-10,12-13H2,1H3. The fourth-order valence-electron chi connectivity index (χ4n) is 2.75.